The Labute approximate surface area is 195 Å². The van der Waals surface area contributed by atoms with Crippen LogP contribution in [0.4, 0.5) is 4.39 Å². The van der Waals surface area contributed by atoms with Gasteiger partial charge >= 0.3 is 11.9 Å². The van der Waals surface area contributed by atoms with Crippen molar-refractivity contribution in [3.05, 3.63) is 89.9 Å². The lowest BCUT2D eigenvalue weighted by Crippen LogP contribution is -2.15. The Morgan fingerprint density at radius 2 is 1.47 bits per heavy atom. The molecule has 8 heteroatoms. The van der Waals surface area contributed by atoms with Crippen molar-refractivity contribution < 1.29 is 28.2 Å². The van der Waals surface area contributed by atoms with E-state index in [9.17, 15) is 14.0 Å². The largest absolute Gasteiger partial charge is 0.494 e. The Morgan fingerprint density at radius 1 is 0.794 bits per heavy atom. The smallest absolute Gasteiger partial charge is 0.357 e. The fraction of sp³-hybridized carbons (Fsp3) is 0.115. The summed E-state index contributed by atoms with van der Waals surface area (Å²) in [5.74, 6) is -1.84. The molecule has 0 saturated carbocycles. The molecule has 3 aromatic carbocycles. The number of ether oxygens (including phenoxy) is 3. The zero-order valence-electron chi connectivity index (χ0n) is 18.7. The standard InChI is InChI=1S/C26H21FN2O5/c1-32-21-13-12-17(15-20(21)27)16-8-7-9-18(14-16)23-22(25(30)33-2)24(26(31)34-3)29(28-23)19-10-5-4-6-11-19/h4-15H,1-3H3. The monoisotopic (exact) mass is 460 g/mol. The van der Waals surface area contributed by atoms with Gasteiger partial charge in [-0.25, -0.2) is 18.7 Å². The fourth-order valence-electron chi connectivity index (χ4n) is 3.65. The predicted molar refractivity (Wildman–Crippen MR) is 124 cm³/mol. The molecule has 0 fully saturated rings. The molecular weight excluding hydrogens is 439 g/mol. The van der Waals surface area contributed by atoms with Crippen molar-refractivity contribution in [2.24, 2.45) is 0 Å². The number of benzene rings is 3. The number of hydrogen-bond donors (Lipinski definition) is 0. The van der Waals surface area contributed by atoms with Crippen LogP contribution in [0.25, 0.3) is 28.1 Å². The third-order valence-electron chi connectivity index (χ3n) is 5.28. The minimum Gasteiger partial charge on any atom is -0.494 e. The first-order chi connectivity index (χ1) is 16.5. The van der Waals surface area contributed by atoms with Crippen molar-refractivity contribution in [3.63, 3.8) is 0 Å². The molecule has 0 unspecified atom stereocenters. The topological polar surface area (TPSA) is 79.7 Å². The fourth-order valence-corrected chi connectivity index (χ4v) is 3.65. The molecule has 0 amide bonds. The van der Waals surface area contributed by atoms with Gasteiger partial charge in [0.25, 0.3) is 0 Å². The van der Waals surface area contributed by atoms with Crippen LogP contribution in [-0.4, -0.2) is 43.0 Å². The summed E-state index contributed by atoms with van der Waals surface area (Å²) in [6, 6.07) is 20.6. The Bertz CT molecular complexity index is 1370. The zero-order valence-corrected chi connectivity index (χ0v) is 18.7. The van der Waals surface area contributed by atoms with Crippen LogP contribution < -0.4 is 4.74 Å². The van der Waals surface area contributed by atoms with E-state index in [1.54, 1.807) is 54.6 Å². The Balaban J connectivity index is 1.93. The molecule has 0 bridgehead atoms. The zero-order chi connectivity index (χ0) is 24.2. The molecule has 7 nitrogen and oxygen atoms in total. The molecule has 34 heavy (non-hydrogen) atoms. The number of hydrogen-bond acceptors (Lipinski definition) is 6. The second kappa shape index (κ2) is 9.58. The lowest BCUT2D eigenvalue weighted by Gasteiger charge is -2.08. The van der Waals surface area contributed by atoms with Gasteiger partial charge in [-0.1, -0.05) is 42.5 Å². The molecule has 172 valence electrons. The van der Waals surface area contributed by atoms with Crippen LogP contribution in [0.1, 0.15) is 20.8 Å². The van der Waals surface area contributed by atoms with Crippen LogP contribution in [0.5, 0.6) is 5.75 Å². The lowest BCUT2D eigenvalue weighted by atomic mass is 9.99. The van der Waals surface area contributed by atoms with Gasteiger partial charge in [-0.15, -0.1) is 0 Å². The van der Waals surface area contributed by atoms with E-state index in [0.29, 0.717) is 22.4 Å². The average Bonchev–Trinajstić information content (AvgIpc) is 3.29. The Hall–Kier alpha value is -4.46. The van der Waals surface area contributed by atoms with Gasteiger partial charge in [0.1, 0.15) is 11.3 Å². The highest BCUT2D eigenvalue weighted by molar-refractivity contribution is 6.07. The van der Waals surface area contributed by atoms with Gasteiger partial charge in [-0.3, -0.25) is 0 Å². The van der Waals surface area contributed by atoms with Gasteiger partial charge in [-0.2, -0.15) is 5.10 Å². The molecule has 1 heterocycles. The van der Waals surface area contributed by atoms with Gasteiger partial charge in [0, 0.05) is 5.56 Å². The van der Waals surface area contributed by atoms with Crippen LogP contribution in [0.3, 0.4) is 0 Å². The van der Waals surface area contributed by atoms with Gasteiger partial charge in [0.05, 0.1) is 27.0 Å². The lowest BCUT2D eigenvalue weighted by molar-refractivity contribution is 0.0549. The molecule has 0 saturated heterocycles. The maximum absolute atomic E-state index is 14.3. The van der Waals surface area contributed by atoms with Crippen LogP contribution in [0.2, 0.25) is 0 Å². The number of nitrogens with zero attached hydrogens (tertiary/aromatic N) is 2. The first-order valence-electron chi connectivity index (χ1n) is 10.3. The summed E-state index contributed by atoms with van der Waals surface area (Å²) in [6.45, 7) is 0. The van der Waals surface area contributed by atoms with Gasteiger partial charge in [-0.05, 0) is 41.5 Å². The normalized spacial score (nSPS) is 10.6. The number of para-hydroxylation sites is 1. The van der Waals surface area contributed by atoms with Crippen molar-refractivity contribution in [3.8, 4) is 33.8 Å². The van der Waals surface area contributed by atoms with Gasteiger partial charge in [0.15, 0.2) is 17.3 Å². The van der Waals surface area contributed by atoms with Crippen LogP contribution in [0, 0.1) is 5.82 Å². The van der Waals surface area contributed by atoms with Gasteiger partial charge in [0.2, 0.25) is 0 Å². The number of halogens is 1. The molecule has 4 aromatic rings. The summed E-state index contributed by atoms with van der Waals surface area (Å²) in [4.78, 5) is 25.6. The quantitative estimate of drug-likeness (QED) is 0.380. The molecule has 0 radical (unpaired) electrons. The highest BCUT2D eigenvalue weighted by Crippen LogP contribution is 2.33. The number of carbonyl (C=O) groups excluding carboxylic acids is 2. The predicted octanol–water partition coefficient (Wildman–Crippen LogP) is 4.93. The molecule has 1 aromatic heterocycles. The summed E-state index contributed by atoms with van der Waals surface area (Å²) in [5, 5.41) is 4.59. The number of carbonyl (C=O) groups is 2. The van der Waals surface area contributed by atoms with E-state index < -0.39 is 17.8 Å². The van der Waals surface area contributed by atoms with E-state index in [2.05, 4.69) is 5.10 Å². The minimum atomic E-state index is -0.739. The first-order valence-corrected chi connectivity index (χ1v) is 10.3. The molecule has 0 spiro atoms. The minimum absolute atomic E-state index is 0.0312. The van der Waals surface area contributed by atoms with E-state index >= 15 is 0 Å². The molecular formula is C26H21FN2O5. The van der Waals surface area contributed by atoms with Crippen molar-refractivity contribution in [1.29, 1.82) is 0 Å². The van der Waals surface area contributed by atoms with Crippen molar-refractivity contribution >= 4 is 11.9 Å². The SMILES string of the molecule is COC(=O)c1c(-c2cccc(-c3ccc(OC)c(F)c3)c2)nn(-c2ccccc2)c1C(=O)OC. The molecule has 0 N–H and O–H groups in total. The summed E-state index contributed by atoms with van der Waals surface area (Å²) in [7, 11) is 3.85. The first kappa shape index (κ1) is 22.7. The van der Waals surface area contributed by atoms with E-state index in [4.69, 9.17) is 14.2 Å². The average molecular weight is 460 g/mol. The van der Waals surface area contributed by atoms with E-state index in [1.807, 2.05) is 6.07 Å². The van der Waals surface area contributed by atoms with Crippen molar-refractivity contribution in [2.75, 3.05) is 21.3 Å². The maximum atomic E-state index is 14.3. The van der Waals surface area contributed by atoms with E-state index in [-0.39, 0.29) is 22.7 Å². The maximum Gasteiger partial charge on any atom is 0.357 e. The van der Waals surface area contributed by atoms with Crippen LogP contribution in [-0.2, 0) is 9.47 Å². The number of rotatable bonds is 6. The van der Waals surface area contributed by atoms with Crippen LogP contribution in [0.15, 0.2) is 72.8 Å². The number of aromatic nitrogens is 2. The second-order valence-electron chi connectivity index (χ2n) is 7.23. The number of esters is 2. The molecule has 0 atom stereocenters. The summed E-state index contributed by atoms with van der Waals surface area (Å²) >= 11 is 0. The third kappa shape index (κ3) is 4.13. The summed E-state index contributed by atoms with van der Waals surface area (Å²) < 4.78 is 30.6. The molecule has 0 aliphatic heterocycles. The van der Waals surface area contributed by atoms with Crippen molar-refractivity contribution in [1.82, 2.24) is 9.78 Å². The van der Waals surface area contributed by atoms with E-state index in [1.165, 1.54) is 38.1 Å². The summed E-state index contributed by atoms with van der Waals surface area (Å²) in [5.41, 5.74) is 2.53. The third-order valence-corrected chi connectivity index (χ3v) is 5.28. The molecule has 0 aliphatic carbocycles. The highest BCUT2D eigenvalue weighted by atomic mass is 19.1. The van der Waals surface area contributed by atoms with E-state index in [0.717, 1.165) is 0 Å². The number of methoxy groups -OCH3 is 3. The van der Waals surface area contributed by atoms with Crippen LogP contribution >= 0.6 is 0 Å². The summed E-state index contributed by atoms with van der Waals surface area (Å²) in [6.07, 6.45) is 0. The van der Waals surface area contributed by atoms with Gasteiger partial charge < -0.3 is 14.2 Å². The van der Waals surface area contributed by atoms with Crippen molar-refractivity contribution in [2.45, 2.75) is 0 Å². The second-order valence-corrected chi connectivity index (χ2v) is 7.23. The highest BCUT2D eigenvalue weighted by Gasteiger charge is 2.31. The molecule has 0 aliphatic rings. The molecule has 4 rings (SSSR count). The Kier molecular flexibility index (Phi) is 6.40. The Morgan fingerprint density at radius 3 is 2.12 bits per heavy atom.